The van der Waals surface area contributed by atoms with E-state index in [1.165, 1.54) is 24.5 Å². The molecule has 0 saturated carbocycles. The number of carboxylic acids is 1. The predicted octanol–water partition coefficient (Wildman–Crippen LogP) is 1.37. The molecule has 1 heterocycles. The normalized spacial score (nSPS) is 11.1. The minimum atomic E-state index is -3.65. The van der Waals surface area contributed by atoms with Gasteiger partial charge in [0.15, 0.2) is 9.84 Å². The highest BCUT2D eigenvalue weighted by Gasteiger charge is 2.18. The summed E-state index contributed by atoms with van der Waals surface area (Å²) in [6.07, 6.45) is 3.84. The average Bonchev–Trinajstić information content (AvgIpc) is 2.39. The Bertz CT molecular complexity index is 744. The molecule has 20 heavy (non-hydrogen) atoms. The molecule has 0 radical (unpaired) electrons. The van der Waals surface area contributed by atoms with Crippen LogP contribution in [0.15, 0.2) is 41.6 Å². The fraction of sp³-hybridized carbons (Fsp3) is 0.0833. The van der Waals surface area contributed by atoms with Gasteiger partial charge in [-0.25, -0.2) is 23.2 Å². The highest BCUT2D eigenvalue weighted by atomic mass is 32.2. The lowest BCUT2D eigenvalue weighted by molar-refractivity contribution is 0.0696. The van der Waals surface area contributed by atoms with Crippen LogP contribution in [0.4, 0.5) is 0 Å². The maximum Gasteiger partial charge on any atom is 0.335 e. The van der Waals surface area contributed by atoms with Crippen molar-refractivity contribution in [2.24, 2.45) is 0 Å². The largest absolute Gasteiger partial charge is 0.478 e. The highest BCUT2D eigenvalue weighted by Crippen LogP contribution is 2.28. The molecule has 0 saturated heterocycles. The van der Waals surface area contributed by atoms with Gasteiger partial charge in [-0.1, -0.05) is 0 Å². The van der Waals surface area contributed by atoms with Crippen LogP contribution in [0.1, 0.15) is 10.4 Å². The molecule has 0 aliphatic rings. The van der Waals surface area contributed by atoms with Gasteiger partial charge in [0.2, 0.25) is 0 Å². The van der Waals surface area contributed by atoms with E-state index in [9.17, 15) is 13.2 Å². The van der Waals surface area contributed by atoms with Crippen LogP contribution < -0.4 is 4.74 Å². The van der Waals surface area contributed by atoms with Crippen LogP contribution in [0.25, 0.3) is 0 Å². The molecule has 1 aromatic carbocycles. The second-order valence-corrected chi connectivity index (χ2v) is 5.86. The van der Waals surface area contributed by atoms with Crippen LogP contribution in [-0.2, 0) is 9.84 Å². The molecule has 1 N–H and O–H groups in total. The summed E-state index contributed by atoms with van der Waals surface area (Å²) in [7, 11) is -3.65. The second kappa shape index (κ2) is 5.25. The summed E-state index contributed by atoms with van der Waals surface area (Å²) in [5.41, 5.74) is -0.147. The van der Waals surface area contributed by atoms with Gasteiger partial charge in [-0.2, -0.15) is 0 Å². The molecule has 0 spiro atoms. The molecule has 0 aliphatic heterocycles. The van der Waals surface area contributed by atoms with E-state index in [0.717, 1.165) is 12.3 Å². The minimum absolute atomic E-state index is 0.0244. The molecule has 8 heteroatoms. The second-order valence-electron chi connectivity index (χ2n) is 3.87. The molecule has 2 rings (SSSR count). The number of rotatable bonds is 4. The van der Waals surface area contributed by atoms with Gasteiger partial charge in [0, 0.05) is 18.6 Å². The molecule has 0 unspecified atom stereocenters. The Morgan fingerprint density at radius 1 is 1.25 bits per heavy atom. The van der Waals surface area contributed by atoms with E-state index in [0.29, 0.717) is 0 Å². The van der Waals surface area contributed by atoms with E-state index in [4.69, 9.17) is 9.84 Å². The maximum atomic E-state index is 11.7. The van der Waals surface area contributed by atoms with Crippen LogP contribution >= 0.6 is 0 Å². The van der Waals surface area contributed by atoms with Crippen LogP contribution in [0.5, 0.6) is 11.8 Å². The van der Waals surface area contributed by atoms with E-state index in [-0.39, 0.29) is 22.2 Å². The topological polar surface area (TPSA) is 106 Å². The number of sulfone groups is 1. The molecule has 7 nitrogen and oxygen atoms in total. The number of hydrogen-bond acceptors (Lipinski definition) is 6. The first kappa shape index (κ1) is 13.9. The van der Waals surface area contributed by atoms with Crippen molar-refractivity contribution in [3.63, 3.8) is 0 Å². The molecule has 0 aliphatic carbocycles. The maximum absolute atomic E-state index is 11.7. The molecule has 0 bridgehead atoms. The van der Waals surface area contributed by atoms with E-state index < -0.39 is 15.8 Å². The number of ether oxygens (including phenoxy) is 1. The number of aromatic nitrogens is 2. The number of benzene rings is 1. The zero-order valence-corrected chi connectivity index (χ0v) is 11.2. The van der Waals surface area contributed by atoms with Crippen molar-refractivity contribution in [2.75, 3.05) is 6.26 Å². The fourth-order valence-electron chi connectivity index (χ4n) is 1.45. The van der Waals surface area contributed by atoms with Gasteiger partial charge >= 0.3 is 12.0 Å². The van der Waals surface area contributed by atoms with Gasteiger partial charge in [-0.15, -0.1) is 0 Å². The first-order valence-corrected chi connectivity index (χ1v) is 7.29. The lowest BCUT2D eigenvalue weighted by Gasteiger charge is -2.09. The Labute approximate surface area is 114 Å². The molecular weight excluding hydrogens is 284 g/mol. The average molecular weight is 294 g/mol. The Kier molecular flexibility index (Phi) is 3.66. The van der Waals surface area contributed by atoms with Gasteiger partial charge in [-0.05, 0) is 24.3 Å². The Morgan fingerprint density at radius 2 is 1.90 bits per heavy atom. The number of carboxylic acid groups (broad SMARTS) is 1. The molecule has 104 valence electrons. The quantitative estimate of drug-likeness (QED) is 0.907. The van der Waals surface area contributed by atoms with E-state index in [1.54, 1.807) is 6.07 Å². The van der Waals surface area contributed by atoms with Gasteiger partial charge in [-0.3, -0.25) is 0 Å². The van der Waals surface area contributed by atoms with Crippen LogP contribution in [0.2, 0.25) is 0 Å². The summed E-state index contributed by atoms with van der Waals surface area (Å²) in [6.45, 7) is 0. The Hall–Kier alpha value is -2.48. The fourth-order valence-corrected chi connectivity index (χ4v) is 2.27. The first-order valence-electron chi connectivity index (χ1n) is 5.40. The number of nitrogens with zero attached hydrogens (tertiary/aromatic N) is 2. The monoisotopic (exact) mass is 294 g/mol. The molecule has 0 amide bonds. The third-order valence-electron chi connectivity index (χ3n) is 2.33. The van der Waals surface area contributed by atoms with Gasteiger partial charge in [0.25, 0.3) is 0 Å². The van der Waals surface area contributed by atoms with Crippen molar-refractivity contribution >= 4 is 15.8 Å². The molecule has 2 aromatic rings. The summed E-state index contributed by atoms with van der Waals surface area (Å²) in [5.74, 6) is -1.25. The van der Waals surface area contributed by atoms with Crippen LogP contribution in [-0.4, -0.2) is 35.7 Å². The summed E-state index contributed by atoms with van der Waals surface area (Å²) >= 11 is 0. The zero-order valence-electron chi connectivity index (χ0n) is 10.3. The minimum Gasteiger partial charge on any atom is -0.478 e. The van der Waals surface area contributed by atoms with Crippen molar-refractivity contribution in [1.82, 2.24) is 9.97 Å². The lowest BCUT2D eigenvalue weighted by Crippen LogP contribution is -2.05. The highest BCUT2D eigenvalue weighted by molar-refractivity contribution is 7.90. The molecule has 1 aromatic heterocycles. The Balaban J connectivity index is 2.50. The lowest BCUT2D eigenvalue weighted by atomic mass is 10.2. The summed E-state index contributed by atoms with van der Waals surface area (Å²) < 4.78 is 28.7. The van der Waals surface area contributed by atoms with Crippen molar-refractivity contribution < 1.29 is 23.1 Å². The van der Waals surface area contributed by atoms with Crippen LogP contribution in [0.3, 0.4) is 0 Å². The van der Waals surface area contributed by atoms with Crippen molar-refractivity contribution in [1.29, 1.82) is 0 Å². The smallest absolute Gasteiger partial charge is 0.335 e. The SMILES string of the molecule is CS(=O)(=O)c1cc(C(=O)O)ccc1Oc1ncccn1. The van der Waals surface area contributed by atoms with Crippen molar-refractivity contribution in [3.8, 4) is 11.8 Å². The van der Waals surface area contributed by atoms with E-state index >= 15 is 0 Å². The van der Waals surface area contributed by atoms with Crippen molar-refractivity contribution in [2.45, 2.75) is 4.90 Å². The van der Waals surface area contributed by atoms with Gasteiger partial charge in [0.1, 0.15) is 10.6 Å². The summed E-state index contributed by atoms with van der Waals surface area (Å²) in [5, 5.41) is 8.90. The third kappa shape index (κ3) is 3.09. The molecule has 0 fully saturated rings. The molecular formula is C12H10N2O5S. The third-order valence-corrected chi connectivity index (χ3v) is 3.45. The van der Waals surface area contributed by atoms with E-state index in [1.807, 2.05) is 0 Å². The van der Waals surface area contributed by atoms with Crippen molar-refractivity contribution in [3.05, 3.63) is 42.2 Å². The summed E-state index contributed by atoms with van der Waals surface area (Å²) in [6, 6.07) is 5.10. The van der Waals surface area contributed by atoms with Crippen LogP contribution in [0, 0.1) is 0 Å². The number of aromatic carboxylic acids is 1. The standard InChI is InChI=1S/C12H10N2O5S/c1-20(17,18)10-7-8(11(15)16)3-4-9(10)19-12-13-5-2-6-14-12/h2-7H,1H3,(H,15,16). The van der Waals surface area contributed by atoms with Gasteiger partial charge in [0.05, 0.1) is 5.56 Å². The number of carbonyl (C=O) groups is 1. The summed E-state index contributed by atoms with van der Waals surface area (Å²) in [4.78, 5) is 18.3. The molecule has 0 atom stereocenters. The predicted molar refractivity (Wildman–Crippen MR) is 68.6 cm³/mol. The Morgan fingerprint density at radius 3 is 2.45 bits per heavy atom. The zero-order chi connectivity index (χ0) is 14.8. The number of hydrogen-bond donors (Lipinski definition) is 1. The first-order chi connectivity index (χ1) is 9.38. The van der Waals surface area contributed by atoms with Gasteiger partial charge < -0.3 is 9.84 Å². The van der Waals surface area contributed by atoms with E-state index in [2.05, 4.69) is 9.97 Å².